The molecule has 32 heavy (non-hydrogen) atoms. The first-order valence-corrected chi connectivity index (χ1v) is 13.6. The Morgan fingerprint density at radius 3 is 1.72 bits per heavy atom. The zero-order valence-corrected chi connectivity index (χ0v) is 20.7. The first-order chi connectivity index (χ1) is 15.3. The maximum atomic E-state index is 11.6. The molecule has 10 heteroatoms. The van der Waals surface area contributed by atoms with Gasteiger partial charge in [-0.3, -0.25) is 13.8 Å². The van der Waals surface area contributed by atoms with Gasteiger partial charge in [0.25, 0.3) is 0 Å². The van der Waals surface area contributed by atoms with E-state index < -0.39 is 39.2 Å². The van der Waals surface area contributed by atoms with Crippen molar-refractivity contribution in [3.8, 4) is 0 Å². The van der Waals surface area contributed by atoms with Gasteiger partial charge in [-0.15, -0.1) is 0 Å². The molecule has 0 saturated heterocycles. The maximum absolute atomic E-state index is 11.6. The number of hydrogen-bond donors (Lipinski definition) is 4. The highest BCUT2D eigenvalue weighted by atomic mass is 31.2. The second kappa shape index (κ2) is 21.0. The molecule has 0 heterocycles. The number of aliphatic hydroxyl groups is 1. The highest BCUT2D eigenvalue weighted by molar-refractivity contribution is 7.47. The quantitative estimate of drug-likeness (QED) is 0.116. The van der Waals surface area contributed by atoms with Crippen molar-refractivity contribution in [2.75, 3.05) is 26.4 Å². The van der Waals surface area contributed by atoms with Gasteiger partial charge in [0, 0.05) is 6.61 Å². The van der Waals surface area contributed by atoms with E-state index in [-0.39, 0.29) is 6.61 Å². The lowest BCUT2D eigenvalue weighted by atomic mass is 10.0. The molecule has 9 nitrogen and oxygen atoms in total. The summed E-state index contributed by atoms with van der Waals surface area (Å²) in [5.41, 5.74) is 5.17. The van der Waals surface area contributed by atoms with Crippen LogP contribution < -0.4 is 5.73 Å². The number of phosphoric acid groups is 1. The van der Waals surface area contributed by atoms with Crippen LogP contribution in [0.4, 0.5) is 0 Å². The number of unbranched alkanes of at least 4 members (excludes halogenated alkanes) is 13. The molecular weight excluding hydrogens is 437 g/mol. The number of carboxylic acids is 1. The molecule has 0 aliphatic heterocycles. The summed E-state index contributed by atoms with van der Waals surface area (Å²) in [7, 11) is -4.47. The Morgan fingerprint density at radius 1 is 0.812 bits per heavy atom. The minimum absolute atomic E-state index is 0.0207. The van der Waals surface area contributed by atoms with E-state index in [1.807, 2.05) is 0 Å². The van der Waals surface area contributed by atoms with Crippen molar-refractivity contribution < 1.29 is 38.3 Å². The number of rotatable bonds is 24. The summed E-state index contributed by atoms with van der Waals surface area (Å²) in [6, 6.07) is -1.43. The smallest absolute Gasteiger partial charge is 0.472 e. The monoisotopic (exact) mass is 483 g/mol. The minimum Gasteiger partial charge on any atom is -0.480 e. The lowest BCUT2D eigenvalue weighted by Crippen LogP contribution is -2.34. The standard InChI is InChI=1S/C22H46NO8P/c1-2-3-4-5-6-7-8-9-10-11-12-13-14-15-16-29-17-20(24)18-30-32(27,28)31-19-21(23)22(25)26/h20-21,24H,2-19,23H2,1H3,(H,25,26)(H,27,28)/t20-,21+/m1/s1. The molecule has 192 valence electrons. The molecule has 0 spiro atoms. The Labute approximate surface area is 193 Å². The summed E-state index contributed by atoms with van der Waals surface area (Å²) < 4.78 is 26.0. The van der Waals surface area contributed by atoms with Crippen molar-refractivity contribution in [3.63, 3.8) is 0 Å². The number of ether oxygens (including phenoxy) is 1. The number of hydrogen-bond acceptors (Lipinski definition) is 7. The summed E-state index contributed by atoms with van der Waals surface area (Å²) in [5.74, 6) is -1.36. The van der Waals surface area contributed by atoms with Gasteiger partial charge in [0.05, 0.1) is 19.8 Å². The van der Waals surface area contributed by atoms with Gasteiger partial charge in [-0.1, -0.05) is 90.4 Å². The molecule has 0 saturated carbocycles. The Balaban J connectivity index is 3.43. The molecular formula is C22H46NO8P. The predicted molar refractivity (Wildman–Crippen MR) is 124 cm³/mol. The lowest BCUT2D eigenvalue weighted by molar-refractivity contribution is -0.139. The minimum atomic E-state index is -4.47. The normalized spacial score (nSPS) is 15.4. The van der Waals surface area contributed by atoms with Crippen molar-refractivity contribution in [1.82, 2.24) is 0 Å². The third kappa shape index (κ3) is 21.3. The average Bonchev–Trinajstić information content (AvgIpc) is 2.75. The number of carboxylic acid groups (broad SMARTS) is 1. The van der Waals surface area contributed by atoms with Crippen molar-refractivity contribution in [2.24, 2.45) is 5.73 Å². The van der Waals surface area contributed by atoms with Crippen LogP contribution >= 0.6 is 7.82 Å². The zero-order valence-electron chi connectivity index (χ0n) is 19.8. The van der Waals surface area contributed by atoms with E-state index in [1.54, 1.807) is 0 Å². The molecule has 0 radical (unpaired) electrons. The first kappa shape index (κ1) is 31.5. The van der Waals surface area contributed by atoms with Gasteiger partial charge in [0.2, 0.25) is 0 Å². The van der Waals surface area contributed by atoms with Crippen LogP contribution in [-0.4, -0.2) is 59.6 Å². The van der Waals surface area contributed by atoms with Crippen molar-refractivity contribution in [1.29, 1.82) is 0 Å². The van der Waals surface area contributed by atoms with E-state index in [2.05, 4.69) is 16.0 Å². The molecule has 0 aliphatic carbocycles. The molecule has 0 aromatic rings. The lowest BCUT2D eigenvalue weighted by Gasteiger charge is -2.16. The Kier molecular flexibility index (Phi) is 20.7. The van der Waals surface area contributed by atoms with Gasteiger partial charge in [-0.25, -0.2) is 4.57 Å². The van der Waals surface area contributed by atoms with E-state index in [4.69, 9.17) is 15.6 Å². The van der Waals surface area contributed by atoms with Gasteiger partial charge in [-0.05, 0) is 6.42 Å². The van der Waals surface area contributed by atoms with Gasteiger partial charge in [0.1, 0.15) is 12.1 Å². The van der Waals surface area contributed by atoms with Gasteiger partial charge < -0.3 is 25.6 Å². The molecule has 0 bridgehead atoms. The highest BCUT2D eigenvalue weighted by Gasteiger charge is 2.25. The van der Waals surface area contributed by atoms with Gasteiger partial charge in [-0.2, -0.15) is 0 Å². The molecule has 1 unspecified atom stereocenters. The maximum Gasteiger partial charge on any atom is 0.472 e. The average molecular weight is 484 g/mol. The van der Waals surface area contributed by atoms with E-state index in [1.165, 1.54) is 77.0 Å². The Bertz CT molecular complexity index is 495. The van der Waals surface area contributed by atoms with Crippen LogP contribution in [-0.2, 0) is 23.1 Å². The SMILES string of the molecule is CCCCCCCCCCCCCCCCOC[C@@H](O)COP(=O)(O)OC[C@H](N)C(=O)O. The Hall–Kier alpha value is -0.540. The molecule has 0 rings (SSSR count). The second-order valence-electron chi connectivity index (χ2n) is 8.33. The van der Waals surface area contributed by atoms with Crippen LogP contribution in [0.1, 0.15) is 96.8 Å². The number of phosphoric ester groups is 1. The largest absolute Gasteiger partial charge is 0.480 e. The second-order valence-corrected chi connectivity index (χ2v) is 9.78. The van der Waals surface area contributed by atoms with Gasteiger partial charge in [0.15, 0.2) is 0 Å². The summed E-state index contributed by atoms with van der Waals surface area (Å²) in [5, 5.41) is 18.3. The number of aliphatic hydroxyl groups excluding tert-OH is 1. The van der Waals surface area contributed by atoms with Crippen LogP contribution in [0.15, 0.2) is 0 Å². The fourth-order valence-corrected chi connectivity index (χ4v) is 3.91. The van der Waals surface area contributed by atoms with E-state index in [0.717, 1.165) is 12.8 Å². The third-order valence-corrected chi connectivity index (χ3v) is 6.07. The van der Waals surface area contributed by atoms with E-state index >= 15 is 0 Å². The van der Waals surface area contributed by atoms with Crippen LogP contribution in [0.5, 0.6) is 0 Å². The number of nitrogens with two attached hydrogens (primary N) is 1. The van der Waals surface area contributed by atoms with E-state index in [9.17, 15) is 19.4 Å². The zero-order chi connectivity index (χ0) is 24.1. The van der Waals surface area contributed by atoms with Crippen LogP contribution in [0.2, 0.25) is 0 Å². The molecule has 5 N–H and O–H groups in total. The molecule has 3 atom stereocenters. The number of carbonyl (C=O) groups is 1. The topological polar surface area (TPSA) is 149 Å². The summed E-state index contributed by atoms with van der Waals surface area (Å²) in [6.07, 6.45) is 16.8. The fraction of sp³-hybridized carbons (Fsp3) is 0.955. The molecule has 0 aromatic heterocycles. The summed E-state index contributed by atoms with van der Waals surface area (Å²) in [4.78, 5) is 20.0. The van der Waals surface area contributed by atoms with Crippen LogP contribution in [0, 0.1) is 0 Å². The van der Waals surface area contributed by atoms with E-state index in [0.29, 0.717) is 6.61 Å². The fourth-order valence-electron chi connectivity index (χ4n) is 3.13. The van der Waals surface area contributed by atoms with Gasteiger partial charge >= 0.3 is 13.8 Å². The molecule has 0 aliphatic rings. The molecule has 0 amide bonds. The van der Waals surface area contributed by atoms with Crippen molar-refractivity contribution >= 4 is 13.8 Å². The molecule has 0 aromatic carbocycles. The highest BCUT2D eigenvalue weighted by Crippen LogP contribution is 2.43. The first-order valence-electron chi connectivity index (χ1n) is 12.1. The summed E-state index contributed by atoms with van der Waals surface area (Å²) in [6.45, 7) is 1.60. The van der Waals surface area contributed by atoms with Crippen molar-refractivity contribution in [3.05, 3.63) is 0 Å². The van der Waals surface area contributed by atoms with Crippen molar-refractivity contribution in [2.45, 2.75) is 109 Å². The summed E-state index contributed by atoms with van der Waals surface area (Å²) >= 11 is 0. The van der Waals surface area contributed by atoms with Crippen LogP contribution in [0.3, 0.4) is 0 Å². The predicted octanol–water partition coefficient (Wildman–Crippen LogP) is 4.39. The third-order valence-electron chi connectivity index (χ3n) is 5.12. The van der Waals surface area contributed by atoms with Crippen LogP contribution in [0.25, 0.3) is 0 Å². The molecule has 0 fully saturated rings. The number of aliphatic carboxylic acids is 1. The Morgan fingerprint density at radius 2 is 1.25 bits per heavy atom.